The van der Waals surface area contributed by atoms with Crippen LogP contribution in [0.15, 0.2) is 29.5 Å². The first-order chi connectivity index (χ1) is 14.5. The van der Waals surface area contributed by atoms with Gasteiger partial charge in [-0.15, -0.1) is 0 Å². The molecule has 30 heavy (non-hydrogen) atoms. The first-order valence-corrected chi connectivity index (χ1v) is 10.1. The lowest BCUT2D eigenvalue weighted by Gasteiger charge is -2.29. The maximum absolute atomic E-state index is 11.9. The van der Waals surface area contributed by atoms with E-state index in [1.54, 1.807) is 5.43 Å². The van der Waals surface area contributed by atoms with Crippen LogP contribution in [0.4, 0.5) is 23.1 Å². The molecule has 2 atom stereocenters. The lowest BCUT2D eigenvalue weighted by Crippen LogP contribution is -2.71. The van der Waals surface area contributed by atoms with E-state index in [-0.39, 0.29) is 5.56 Å². The van der Waals surface area contributed by atoms with Crippen molar-refractivity contribution in [1.82, 2.24) is 9.97 Å². The molecule has 2 aromatic rings. The minimum Gasteiger partial charge on any atom is -0.365 e. The Morgan fingerprint density at radius 3 is 2.90 bits per heavy atom. The predicted molar refractivity (Wildman–Crippen MR) is 119 cm³/mol. The van der Waals surface area contributed by atoms with Crippen LogP contribution in [0.1, 0.15) is 48.5 Å². The zero-order valence-electron chi connectivity index (χ0n) is 17.4. The number of carbonyl (C=O) groups is 1. The third-order valence-corrected chi connectivity index (χ3v) is 5.38. The number of amides is 1. The van der Waals surface area contributed by atoms with Crippen LogP contribution in [0, 0.1) is 18.3 Å². The summed E-state index contributed by atoms with van der Waals surface area (Å²) >= 11 is 0. The second-order valence-corrected chi connectivity index (χ2v) is 7.63. The van der Waals surface area contributed by atoms with Gasteiger partial charge in [-0.05, 0) is 31.2 Å². The van der Waals surface area contributed by atoms with E-state index in [0.29, 0.717) is 23.7 Å². The van der Waals surface area contributed by atoms with Crippen LogP contribution in [0.3, 0.4) is 0 Å². The van der Waals surface area contributed by atoms with Crippen molar-refractivity contribution >= 4 is 41.5 Å². The van der Waals surface area contributed by atoms with Crippen molar-refractivity contribution in [3.05, 3.63) is 35.5 Å². The monoisotopic (exact) mass is 409 g/mol. The number of benzene rings is 1. The zero-order chi connectivity index (χ0) is 21.5. The third-order valence-electron chi connectivity index (χ3n) is 5.38. The number of hydrogen-bond acceptors (Lipinski definition) is 7. The van der Waals surface area contributed by atoms with E-state index in [0.717, 1.165) is 29.6 Å². The molecule has 1 aliphatic carbocycles. The molecule has 1 heterocycles. The van der Waals surface area contributed by atoms with Crippen molar-refractivity contribution in [3.8, 4) is 0 Å². The van der Waals surface area contributed by atoms with Gasteiger partial charge in [0.05, 0.1) is 0 Å². The van der Waals surface area contributed by atoms with E-state index in [1.165, 1.54) is 31.7 Å². The number of hydrogen-bond donors (Lipinski definition) is 5. The molecule has 158 valence electrons. The Kier molecular flexibility index (Phi) is 7.08. The Morgan fingerprint density at radius 1 is 1.37 bits per heavy atom. The van der Waals surface area contributed by atoms with Gasteiger partial charge in [0.15, 0.2) is 5.69 Å². The van der Waals surface area contributed by atoms with Crippen LogP contribution >= 0.6 is 0 Å². The van der Waals surface area contributed by atoms with Gasteiger partial charge in [0.2, 0.25) is 5.95 Å². The third kappa shape index (κ3) is 5.38. The molecule has 1 saturated carbocycles. The number of nitrogens with zero attached hydrogens (tertiary/aromatic N) is 3. The summed E-state index contributed by atoms with van der Waals surface area (Å²) in [5.74, 6) is 0.806. The number of carbonyl (C=O) groups excluding carboxylic acids is 1. The molecule has 1 fully saturated rings. The van der Waals surface area contributed by atoms with Crippen molar-refractivity contribution in [2.24, 2.45) is 16.8 Å². The average molecular weight is 410 g/mol. The average Bonchev–Trinajstić information content (AvgIpc) is 2.72. The van der Waals surface area contributed by atoms with Gasteiger partial charge in [-0.2, -0.15) is 10.4 Å². The minimum atomic E-state index is -0.592. The highest BCUT2D eigenvalue weighted by molar-refractivity contribution is 6.14. The molecular formula is C21H29N8O+. The Morgan fingerprint density at radius 2 is 2.17 bits per heavy atom. The second-order valence-electron chi connectivity index (χ2n) is 7.63. The molecule has 1 amide bonds. The first kappa shape index (κ1) is 21.4. The van der Waals surface area contributed by atoms with Crippen LogP contribution in [0.2, 0.25) is 0 Å². The highest BCUT2D eigenvalue weighted by atomic mass is 16.1. The number of nitrogens with two attached hydrogens (primary N) is 2. The van der Waals surface area contributed by atoms with Gasteiger partial charge in [0.1, 0.15) is 17.6 Å². The highest BCUT2D eigenvalue weighted by Gasteiger charge is 2.22. The van der Waals surface area contributed by atoms with Crippen LogP contribution in [-0.4, -0.2) is 34.3 Å². The van der Waals surface area contributed by atoms with Gasteiger partial charge in [-0.25, -0.2) is 4.98 Å². The molecule has 0 bridgehead atoms. The fraction of sp³-hybridized carbons (Fsp3) is 0.381. The Labute approximate surface area is 176 Å². The van der Waals surface area contributed by atoms with Crippen LogP contribution in [-0.2, 0) is 0 Å². The molecule has 9 heteroatoms. The number of aryl methyl sites for hydroxylation is 1. The molecule has 1 aliphatic rings. The predicted octanol–water partition coefficient (Wildman–Crippen LogP) is 2.45. The maximum atomic E-state index is 11.9. The molecule has 0 radical (unpaired) electrons. The van der Waals surface area contributed by atoms with Crippen LogP contribution < -0.4 is 21.8 Å². The summed E-state index contributed by atoms with van der Waals surface area (Å²) in [5.41, 5.74) is 10.0. The molecule has 9 nitrogen and oxygen atoms in total. The molecule has 1 aromatic carbocycles. The normalized spacial score (nSPS) is 18.9. The fourth-order valence-electron chi connectivity index (χ4n) is 3.58. The first-order valence-electron chi connectivity index (χ1n) is 10.1. The molecule has 0 aliphatic heterocycles. The van der Waals surface area contributed by atoms with Gasteiger partial charge in [-0.3, -0.25) is 4.79 Å². The molecule has 3 rings (SSSR count). The van der Waals surface area contributed by atoms with E-state index < -0.39 is 5.91 Å². The zero-order valence-corrected chi connectivity index (χ0v) is 17.4. The van der Waals surface area contributed by atoms with Crippen molar-refractivity contribution in [1.29, 1.82) is 5.41 Å². The maximum Gasteiger partial charge on any atom is 0.254 e. The largest absolute Gasteiger partial charge is 0.365 e. The van der Waals surface area contributed by atoms with Crippen molar-refractivity contribution in [3.63, 3.8) is 0 Å². The summed E-state index contributed by atoms with van der Waals surface area (Å²) in [7, 11) is 0. The van der Waals surface area contributed by atoms with Crippen LogP contribution in [0.25, 0.3) is 0 Å². The number of primary amides is 1. The summed E-state index contributed by atoms with van der Waals surface area (Å²) in [5, 5.41) is 17.7. The molecule has 1 aromatic heterocycles. The van der Waals surface area contributed by atoms with Crippen molar-refractivity contribution < 1.29 is 10.2 Å². The van der Waals surface area contributed by atoms with Gasteiger partial charge >= 0.3 is 0 Å². The summed E-state index contributed by atoms with van der Waals surface area (Å²) in [4.78, 5) is 20.8. The van der Waals surface area contributed by atoms with Crippen molar-refractivity contribution in [2.75, 3.05) is 10.6 Å². The van der Waals surface area contributed by atoms with Gasteiger partial charge < -0.3 is 21.8 Å². The Balaban J connectivity index is 1.86. The summed E-state index contributed by atoms with van der Waals surface area (Å²) in [6.45, 7) is 4.20. The molecule has 7 N–H and O–H groups in total. The van der Waals surface area contributed by atoms with E-state index in [1.807, 2.05) is 25.1 Å². The van der Waals surface area contributed by atoms with E-state index >= 15 is 0 Å². The molecule has 0 spiro atoms. The van der Waals surface area contributed by atoms with E-state index in [2.05, 4.69) is 32.6 Å². The Bertz CT molecular complexity index is 943. The standard InChI is InChI=1S/C21H28N8O/c1-13-5-3-4-6-17(13)27-21-24-12-16(19(23)30)20(28-21)26-18-11-15(8-7-14(18)2)29-25-10-9-22/h7-13,17,22,29H,3-6H2,1-2H3,(H2,23,30)(H2,24,26,27,28)/p+1/b22-9?,25-10-/t13-,17+/m0/s1. The van der Waals surface area contributed by atoms with Crippen molar-refractivity contribution in [2.45, 2.75) is 45.6 Å². The number of rotatable bonds is 8. The lowest BCUT2D eigenvalue weighted by molar-refractivity contribution is -0.576. The number of nitrogens with one attached hydrogen (secondary N) is 3. The summed E-state index contributed by atoms with van der Waals surface area (Å²) < 4.78 is 0. The highest BCUT2D eigenvalue weighted by Crippen LogP contribution is 2.28. The number of quaternary nitrogens is 1. The fourth-order valence-corrected chi connectivity index (χ4v) is 3.58. The van der Waals surface area contributed by atoms with E-state index in [9.17, 15) is 4.79 Å². The Hall–Kier alpha value is -3.33. The van der Waals surface area contributed by atoms with Gasteiger partial charge in [0.25, 0.3) is 5.91 Å². The lowest BCUT2D eigenvalue weighted by atomic mass is 9.86. The minimum absolute atomic E-state index is 0.229. The second kappa shape index (κ2) is 9.93. The quantitative estimate of drug-likeness (QED) is 0.197. The van der Waals surface area contributed by atoms with Gasteiger partial charge in [0, 0.05) is 36.3 Å². The molecular weight excluding hydrogens is 380 g/mol. The molecule has 0 unspecified atom stereocenters. The van der Waals surface area contributed by atoms with E-state index in [4.69, 9.17) is 11.1 Å². The topological polar surface area (TPSA) is 146 Å². The SMILES string of the molecule is Cc1ccc([NH2+]/N=C\C=N)cc1Nc1nc(N[C@@H]2CCCC[C@@H]2C)ncc1C(N)=O. The summed E-state index contributed by atoms with van der Waals surface area (Å²) in [6.07, 6.45) is 8.69. The van der Waals surface area contributed by atoms with Gasteiger partial charge in [-0.1, -0.05) is 30.9 Å². The number of anilines is 3. The number of aromatic nitrogens is 2. The molecule has 0 saturated heterocycles. The smallest absolute Gasteiger partial charge is 0.254 e. The van der Waals surface area contributed by atoms with Crippen LogP contribution in [0.5, 0.6) is 0 Å². The summed E-state index contributed by atoms with van der Waals surface area (Å²) in [6, 6.07) is 6.09.